The van der Waals surface area contributed by atoms with Crippen LogP contribution in [0.1, 0.15) is 12.5 Å². The third-order valence-corrected chi connectivity index (χ3v) is 3.18. The third-order valence-electron chi connectivity index (χ3n) is 3.18. The molecular weight excluding hydrogens is 282 g/mol. The zero-order valence-electron chi connectivity index (χ0n) is 13.4. The molecule has 0 bridgehead atoms. The number of carbonyl (C=O) groups is 2. The van der Waals surface area contributed by atoms with Gasteiger partial charge in [-0.25, -0.2) is 0 Å². The lowest BCUT2D eigenvalue weighted by Gasteiger charge is -2.23. The predicted molar refractivity (Wildman–Crippen MR) is 84.6 cm³/mol. The van der Waals surface area contributed by atoms with Crippen molar-refractivity contribution >= 4 is 11.9 Å². The van der Waals surface area contributed by atoms with E-state index in [2.05, 4.69) is 11.3 Å². The number of carbonyl (C=O) groups excluding carboxylic acids is 2. The topological polar surface area (TPSA) is 55.8 Å². The Hall–Kier alpha value is -2.30. The van der Waals surface area contributed by atoms with Gasteiger partial charge >= 0.3 is 5.97 Å². The molecule has 0 aliphatic rings. The first kappa shape index (κ1) is 17.8. The number of nitrogens with zero attached hydrogens (tertiary/aromatic N) is 1. The van der Waals surface area contributed by atoms with Gasteiger partial charge in [0.1, 0.15) is 5.75 Å². The standard InChI is InChI=1S/C17H23NO4/c1-5-10-18(11-14(3)17(20)21-4)16(19)12-22-15-8-6-13(2)7-9-15/h5-9,14H,1,10-12H2,2-4H3. The van der Waals surface area contributed by atoms with Crippen molar-refractivity contribution in [3.63, 3.8) is 0 Å². The fourth-order valence-corrected chi connectivity index (χ4v) is 1.91. The maximum Gasteiger partial charge on any atom is 0.310 e. The molecule has 1 aromatic carbocycles. The summed E-state index contributed by atoms with van der Waals surface area (Å²) in [6.07, 6.45) is 1.62. The van der Waals surface area contributed by atoms with Gasteiger partial charge in [-0.1, -0.05) is 30.7 Å². The quantitative estimate of drug-likeness (QED) is 0.546. The molecule has 0 fully saturated rings. The predicted octanol–water partition coefficient (Wildman–Crippen LogP) is 2.20. The molecule has 1 atom stereocenters. The second kappa shape index (κ2) is 8.87. The third kappa shape index (κ3) is 5.60. The Balaban J connectivity index is 2.58. The Morgan fingerprint density at radius 1 is 1.32 bits per heavy atom. The van der Waals surface area contributed by atoms with Crippen LogP contribution in [-0.4, -0.2) is 43.6 Å². The van der Waals surface area contributed by atoms with Gasteiger partial charge in [-0.15, -0.1) is 6.58 Å². The van der Waals surface area contributed by atoms with Gasteiger partial charge in [0.05, 0.1) is 13.0 Å². The lowest BCUT2D eigenvalue weighted by molar-refractivity contribution is -0.146. The molecule has 0 aliphatic carbocycles. The number of hydrogen-bond donors (Lipinski definition) is 0. The van der Waals surface area contributed by atoms with Gasteiger partial charge < -0.3 is 14.4 Å². The van der Waals surface area contributed by atoms with Gasteiger partial charge in [-0.2, -0.15) is 0 Å². The molecule has 0 aliphatic heterocycles. The highest BCUT2D eigenvalue weighted by Crippen LogP contribution is 2.12. The lowest BCUT2D eigenvalue weighted by Crippen LogP contribution is -2.40. The first-order valence-electron chi connectivity index (χ1n) is 7.14. The number of rotatable bonds is 8. The van der Waals surface area contributed by atoms with E-state index in [4.69, 9.17) is 4.74 Å². The van der Waals surface area contributed by atoms with Gasteiger partial charge in [0.25, 0.3) is 5.91 Å². The number of amides is 1. The van der Waals surface area contributed by atoms with Crippen molar-refractivity contribution in [3.8, 4) is 5.75 Å². The molecule has 0 aromatic heterocycles. The minimum Gasteiger partial charge on any atom is -0.484 e. The summed E-state index contributed by atoms with van der Waals surface area (Å²) >= 11 is 0. The van der Waals surface area contributed by atoms with Crippen molar-refractivity contribution in [2.24, 2.45) is 5.92 Å². The molecule has 5 nitrogen and oxygen atoms in total. The largest absolute Gasteiger partial charge is 0.484 e. The number of hydrogen-bond acceptors (Lipinski definition) is 4. The van der Waals surface area contributed by atoms with E-state index in [-0.39, 0.29) is 25.0 Å². The highest BCUT2D eigenvalue weighted by Gasteiger charge is 2.21. The van der Waals surface area contributed by atoms with E-state index in [0.717, 1.165) is 5.56 Å². The minimum atomic E-state index is -0.395. The zero-order valence-corrected chi connectivity index (χ0v) is 13.4. The van der Waals surface area contributed by atoms with Gasteiger partial charge in [0.2, 0.25) is 0 Å². The smallest absolute Gasteiger partial charge is 0.310 e. The molecule has 1 amide bonds. The van der Waals surface area contributed by atoms with E-state index < -0.39 is 5.92 Å². The van der Waals surface area contributed by atoms with E-state index in [9.17, 15) is 9.59 Å². The summed E-state index contributed by atoms with van der Waals surface area (Å²) in [6, 6.07) is 7.47. The first-order chi connectivity index (χ1) is 10.5. The Morgan fingerprint density at radius 3 is 2.50 bits per heavy atom. The monoisotopic (exact) mass is 305 g/mol. The van der Waals surface area contributed by atoms with Crippen LogP contribution in [-0.2, 0) is 14.3 Å². The summed E-state index contributed by atoms with van der Waals surface area (Å²) in [5.74, 6) is -0.302. The molecule has 5 heteroatoms. The van der Waals surface area contributed by atoms with E-state index in [1.165, 1.54) is 12.0 Å². The summed E-state index contributed by atoms with van der Waals surface area (Å²) in [5.41, 5.74) is 1.12. The summed E-state index contributed by atoms with van der Waals surface area (Å²) in [6.45, 7) is 7.88. The van der Waals surface area contributed by atoms with Crippen LogP contribution >= 0.6 is 0 Å². The first-order valence-corrected chi connectivity index (χ1v) is 7.14. The molecule has 0 radical (unpaired) electrons. The number of esters is 1. The van der Waals surface area contributed by atoms with E-state index >= 15 is 0 Å². The van der Waals surface area contributed by atoms with Crippen LogP contribution in [0.5, 0.6) is 5.75 Å². The molecule has 0 heterocycles. The van der Waals surface area contributed by atoms with Gasteiger partial charge in [0, 0.05) is 13.1 Å². The van der Waals surface area contributed by atoms with Crippen LogP contribution in [0, 0.1) is 12.8 Å². The molecule has 0 saturated carbocycles. The Bertz CT molecular complexity index is 510. The van der Waals surface area contributed by atoms with Crippen LogP contribution < -0.4 is 4.74 Å². The van der Waals surface area contributed by atoms with E-state index in [1.54, 1.807) is 13.0 Å². The number of methoxy groups -OCH3 is 1. The highest BCUT2D eigenvalue weighted by molar-refractivity contribution is 5.79. The van der Waals surface area contributed by atoms with Crippen LogP contribution in [0.4, 0.5) is 0 Å². The van der Waals surface area contributed by atoms with Gasteiger partial charge in [-0.05, 0) is 19.1 Å². The zero-order chi connectivity index (χ0) is 16.5. The molecule has 1 unspecified atom stereocenters. The fraction of sp³-hybridized carbons (Fsp3) is 0.412. The van der Waals surface area contributed by atoms with Crippen molar-refractivity contribution in [3.05, 3.63) is 42.5 Å². The van der Waals surface area contributed by atoms with Crippen molar-refractivity contribution in [2.45, 2.75) is 13.8 Å². The molecule has 0 N–H and O–H groups in total. The fourth-order valence-electron chi connectivity index (χ4n) is 1.91. The van der Waals surface area contributed by atoms with Crippen LogP contribution in [0.25, 0.3) is 0 Å². The van der Waals surface area contributed by atoms with Gasteiger partial charge in [0.15, 0.2) is 6.61 Å². The second-order valence-corrected chi connectivity index (χ2v) is 5.11. The summed E-state index contributed by atoms with van der Waals surface area (Å²) in [5, 5.41) is 0. The molecular formula is C17H23NO4. The molecule has 0 spiro atoms. The summed E-state index contributed by atoms with van der Waals surface area (Å²) in [7, 11) is 1.33. The van der Waals surface area contributed by atoms with E-state index in [1.807, 2.05) is 31.2 Å². The van der Waals surface area contributed by atoms with Crippen molar-refractivity contribution in [1.82, 2.24) is 4.90 Å². The van der Waals surface area contributed by atoms with E-state index in [0.29, 0.717) is 12.3 Å². The minimum absolute atomic E-state index is 0.0786. The molecule has 1 rings (SSSR count). The average Bonchev–Trinajstić information content (AvgIpc) is 2.52. The molecule has 1 aromatic rings. The maximum absolute atomic E-state index is 12.2. The van der Waals surface area contributed by atoms with Crippen LogP contribution in [0.2, 0.25) is 0 Å². The van der Waals surface area contributed by atoms with Crippen molar-refractivity contribution < 1.29 is 19.1 Å². The Kier molecular flexibility index (Phi) is 7.16. The Morgan fingerprint density at radius 2 is 1.95 bits per heavy atom. The summed E-state index contributed by atoms with van der Waals surface area (Å²) in [4.78, 5) is 25.2. The van der Waals surface area contributed by atoms with Crippen molar-refractivity contribution in [2.75, 3.05) is 26.8 Å². The normalized spacial score (nSPS) is 11.4. The maximum atomic E-state index is 12.2. The number of benzene rings is 1. The van der Waals surface area contributed by atoms with Crippen molar-refractivity contribution in [1.29, 1.82) is 0 Å². The second-order valence-electron chi connectivity index (χ2n) is 5.11. The SMILES string of the molecule is C=CCN(CC(C)C(=O)OC)C(=O)COc1ccc(C)cc1. The average molecular weight is 305 g/mol. The molecule has 0 saturated heterocycles. The summed E-state index contributed by atoms with van der Waals surface area (Å²) < 4.78 is 10.2. The van der Waals surface area contributed by atoms with Crippen LogP contribution in [0.3, 0.4) is 0 Å². The number of ether oxygens (including phenoxy) is 2. The lowest BCUT2D eigenvalue weighted by atomic mass is 10.1. The van der Waals surface area contributed by atoms with Crippen LogP contribution in [0.15, 0.2) is 36.9 Å². The van der Waals surface area contributed by atoms with Gasteiger partial charge in [-0.3, -0.25) is 9.59 Å². The Labute approximate surface area is 131 Å². The molecule has 120 valence electrons. The number of aryl methyl sites for hydroxylation is 1. The highest BCUT2D eigenvalue weighted by atomic mass is 16.5. The molecule has 22 heavy (non-hydrogen) atoms.